The number of thiol groups is 2. The van der Waals surface area contributed by atoms with Crippen LogP contribution in [-0.2, 0) is 4.79 Å². The third-order valence-electron chi connectivity index (χ3n) is 0.704. The van der Waals surface area contributed by atoms with Crippen molar-refractivity contribution in [2.24, 2.45) is 0 Å². The summed E-state index contributed by atoms with van der Waals surface area (Å²) in [6.07, 6.45) is 0. The van der Waals surface area contributed by atoms with Crippen molar-refractivity contribution in [3.8, 4) is 0 Å². The smallest absolute Gasteiger partial charge is 0.322 e. The number of carbonyl (C=O) groups is 1. The van der Waals surface area contributed by atoms with Gasteiger partial charge >= 0.3 is 5.97 Å². The molecule has 0 saturated carbocycles. The Kier molecular flexibility index (Phi) is 3.27. The van der Waals surface area contributed by atoms with Gasteiger partial charge in [0.1, 0.15) is 6.04 Å². The molecule has 8 heavy (non-hydrogen) atoms. The van der Waals surface area contributed by atoms with E-state index in [9.17, 15) is 4.79 Å². The summed E-state index contributed by atoms with van der Waals surface area (Å²) in [6.45, 7) is 1.49. The molecule has 0 unspecified atom stereocenters. The fraction of sp³-hybridized carbons (Fsp3) is 0.667. The molecule has 1 N–H and O–H groups in total. The van der Waals surface area contributed by atoms with Crippen molar-refractivity contribution in [3.05, 3.63) is 0 Å². The van der Waals surface area contributed by atoms with Gasteiger partial charge in [-0.1, -0.05) is 25.6 Å². The Morgan fingerprint density at radius 3 is 2.12 bits per heavy atom. The minimum atomic E-state index is -0.935. The highest BCUT2D eigenvalue weighted by Crippen LogP contribution is 2.04. The molecule has 0 aliphatic carbocycles. The quantitative estimate of drug-likeness (QED) is 0.504. The minimum Gasteiger partial charge on any atom is -0.480 e. The van der Waals surface area contributed by atoms with Crippen LogP contribution in [0.2, 0.25) is 0 Å². The molecule has 0 aliphatic rings. The predicted molar refractivity (Wildman–Crippen MR) is 36.9 cm³/mol. The van der Waals surface area contributed by atoms with Crippen LogP contribution in [-0.4, -0.2) is 20.8 Å². The van der Waals surface area contributed by atoms with Crippen molar-refractivity contribution in [3.63, 3.8) is 0 Å². The number of carboxylic acids is 1. The van der Waals surface area contributed by atoms with Crippen LogP contribution in [0.4, 0.5) is 0 Å². The molecule has 1 atom stereocenters. The van der Waals surface area contributed by atoms with E-state index in [4.69, 9.17) is 5.11 Å². The lowest BCUT2D eigenvalue weighted by Gasteiger charge is -2.10. The lowest BCUT2D eigenvalue weighted by molar-refractivity contribution is -0.139. The van der Waals surface area contributed by atoms with E-state index in [-0.39, 0.29) is 0 Å². The van der Waals surface area contributed by atoms with Crippen LogP contribution in [0.15, 0.2) is 0 Å². The first-order chi connectivity index (χ1) is 3.55. The van der Waals surface area contributed by atoms with E-state index in [2.05, 4.69) is 25.6 Å². The average Bonchev–Trinajstić information content (AvgIpc) is 1.64. The second-order valence-corrected chi connectivity index (χ2v) is 2.51. The van der Waals surface area contributed by atoms with Gasteiger partial charge in [-0.2, -0.15) is 3.71 Å². The fourth-order valence-electron chi connectivity index (χ4n) is 0.0988. The zero-order valence-electron chi connectivity index (χ0n) is 4.27. The van der Waals surface area contributed by atoms with Gasteiger partial charge in [0.25, 0.3) is 0 Å². The molecule has 0 bridgehead atoms. The van der Waals surface area contributed by atoms with Gasteiger partial charge in [-0.15, -0.1) is 0 Å². The Hall–Kier alpha value is 0.130. The highest BCUT2D eigenvalue weighted by Gasteiger charge is 2.13. The highest BCUT2D eigenvalue weighted by molar-refractivity contribution is 7.93. The molecule has 0 amide bonds. The van der Waals surface area contributed by atoms with Crippen molar-refractivity contribution in [2.75, 3.05) is 0 Å². The zero-order chi connectivity index (χ0) is 6.73. The van der Waals surface area contributed by atoms with Gasteiger partial charge in [-0.3, -0.25) is 4.79 Å². The average molecular weight is 153 g/mol. The third-order valence-corrected chi connectivity index (χ3v) is 1.40. The molecule has 5 heteroatoms. The zero-order valence-corrected chi connectivity index (χ0v) is 6.06. The van der Waals surface area contributed by atoms with Gasteiger partial charge < -0.3 is 5.11 Å². The molecule has 0 fully saturated rings. The fourth-order valence-corrected chi connectivity index (χ4v) is 0.296. The van der Waals surface area contributed by atoms with Gasteiger partial charge in [0, 0.05) is 0 Å². The number of hydrogen-bond acceptors (Lipinski definition) is 4. The summed E-state index contributed by atoms with van der Waals surface area (Å²) in [7, 11) is 0. The van der Waals surface area contributed by atoms with E-state index in [0.29, 0.717) is 0 Å². The molecule has 0 rings (SSSR count). The Labute approximate surface area is 58.8 Å². The second kappa shape index (κ2) is 3.21. The molecule has 0 spiro atoms. The lowest BCUT2D eigenvalue weighted by Crippen LogP contribution is -2.25. The molecule has 0 heterocycles. The van der Waals surface area contributed by atoms with Crippen LogP contribution in [0, 0.1) is 0 Å². The number of hydrogen-bond donors (Lipinski definition) is 3. The number of carboxylic acid groups (broad SMARTS) is 1. The summed E-state index contributed by atoms with van der Waals surface area (Å²) in [5.74, 6) is -0.935. The second-order valence-electron chi connectivity index (χ2n) is 1.33. The Morgan fingerprint density at radius 1 is 1.75 bits per heavy atom. The standard InChI is InChI=1S/C3H7NO2S2/c1-2(3(5)6)4(7)8/h2,7-8H,1H3,(H,5,6)/t2-/m0/s1. The van der Waals surface area contributed by atoms with Crippen molar-refractivity contribution >= 4 is 31.6 Å². The van der Waals surface area contributed by atoms with E-state index >= 15 is 0 Å². The van der Waals surface area contributed by atoms with Crippen molar-refractivity contribution < 1.29 is 9.90 Å². The maximum absolute atomic E-state index is 10.0. The monoisotopic (exact) mass is 153 g/mol. The van der Waals surface area contributed by atoms with Crippen molar-refractivity contribution in [1.82, 2.24) is 3.71 Å². The van der Waals surface area contributed by atoms with Gasteiger partial charge in [0.05, 0.1) is 0 Å². The topological polar surface area (TPSA) is 40.5 Å². The van der Waals surface area contributed by atoms with Crippen LogP contribution in [0.5, 0.6) is 0 Å². The van der Waals surface area contributed by atoms with Crippen LogP contribution in [0.1, 0.15) is 6.92 Å². The molecular weight excluding hydrogens is 146 g/mol. The first kappa shape index (κ1) is 8.13. The molecule has 0 aliphatic heterocycles. The maximum atomic E-state index is 10.0. The third kappa shape index (κ3) is 2.44. The van der Waals surface area contributed by atoms with Crippen LogP contribution in [0.3, 0.4) is 0 Å². The van der Waals surface area contributed by atoms with Crippen molar-refractivity contribution in [1.29, 1.82) is 0 Å². The molecule has 3 nitrogen and oxygen atoms in total. The van der Waals surface area contributed by atoms with E-state index in [0.717, 1.165) is 3.71 Å². The summed E-state index contributed by atoms with van der Waals surface area (Å²) < 4.78 is 1.03. The first-order valence-corrected chi connectivity index (χ1v) is 2.75. The molecule has 0 radical (unpaired) electrons. The predicted octanol–water partition coefficient (Wildman–Crippen LogP) is 0.451. The Bertz CT molecular complexity index is 95.3. The largest absolute Gasteiger partial charge is 0.480 e. The van der Waals surface area contributed by atoms with Gasteiger partial charge in [-0.05, 0) is 6.92 Å². The highest BCUT2D eigenvalue weighted by atomic mass is 32.2. The number of nitrogens with zero attached hydrogens (tertiary/aromatic N) is 1. The summed E-state index contributed by atoms with van der Waals surface area (Å²) >= 11 is 7.30. The van der Waals surface area contributed by atoms with E-state index < -0.39 is 12.0 Å². The summed E-state index contributed by atoms with van der Waals surface area (Å²) in [5.41, 5.74) is 0. The van der Waals surface area contributed by atoms with Gasteiger partial charge in [0.15, 0.2) is 0 Å². The molecule has 0 aromatic heterocycles. The minimum absolute atomic E-state index is 0.651. The van der Waals surface area contributed by atoms with Gasteiger partial charge in [0.2, 0.25) is 0 Å². The lowest BCUT2D eigenvalue weighted by atomic mass is 10.4. The van der Waals surface area contributed by atoms with E-state index in [1.807, 2.05) is 0 Å². The van der Waals surface area contributed by atoms with Crippen molar-refractivity contribution in [2.45, 2.75) is 13.0 Å². The first-order valence-electron chi connectivity index (χ1n) is 1.95. The molecule has 0 saturated heterocycles. The SMILES string of the molecule is C[C@@H](C(=O)O)N(S)S. The number of rotatable bonds is 2. The van der Waals surface area contributed by atoms with Gasteiger partial charge in [-0.25, -0.2) is 0 Å². The van der Waals surface area contributed by atoms with E-state index in [1.54, 1.807) is 0 Å². The molecular formula is C3H7NO2S2. The number of aliphatic carboxylic acids is 1. The molecule has 0 aromatic rings. The summed E-state index contributed by atoms with van der Waals surface area (Å²) in [6, 6.07) is -0.651. The Morgan fingerprint density at radius 2 is 2.12 bits per heavy atom. The summed E-state index contributed by atoms with van der Waals surface area (Å²) in [4.78, 5) is 10.0. The molecule has 0 aromatic carbocycles. The molecule has 48 valence electrons. The van der Waals surface area contributed by atoms with Crippen LogP contribution >= 0.6 is 25.6 Å². The maximum Gasteiger partial charge on any atom is 0.322 e. The normalized spacial score (nSPS) is 14.0. The van der Waals surface area contributed by atoms with Crippen LogP contribution < -0.4 is 0 Å². The Balaban J connectivity index is 3.64. The van der Waals surface area contributed by atoms with Crippen LogP contribution in [0.25, 0.3) is 0 Å². The summed E-state index contributed by atoms with van der Waals surface area (Å²) in [5, 5.41) is 8.21. The van der Waals surface area contributed by atoms with E-state index in [1.165, 1.54) is 6.92 Å².